The van der Waals surface area contributed by atoms with E-state index in [1.54, 1.807) is 23.1 Å². The Hall–Kier alpha value is -4.71. The SMILES string of the molecule is C=C(NC1=CC(N(Cc2ccc(F)cc2)C(=O)c2ccc3ccccc3c2)=NCN1)c1ccccc1. The number of halogens is 1. The standard InChI is InChI=1S/C30H25FN4O/c1-21(23-7-3-2-4-8-23)34-28-18-29(33-20-32-28)35(19-22-11-15-27(31)16-12-22)30(36)26-14-13-24-9-5-6-10-25(24)17-26/h2-18,32,34H,1,19-20H2. The van der Waals surface area contributed by atoms with Gasteiger partial charge in [-0.05, 0) is 46.2 Å². The van der Waals surface area contributed by atoms with Crippen molar-refractivity contribution in [2.24, 2.45) is 4.99 Å². The molecule has 1 heterocycles. The maximum atomic E-state index is 13.8. The quantitative estimate of drug-likeness (QED) is 0.376. The van der Waals surface area contributed by atoms with Gasteiger partial charge in [0.25, 0.3) is 5.91 Å². The number of nitrogens with one attached hydrogen (secondary N) is 2. The fraction of sp³-hybridized carbons (Fsp3) is 0.0667. The lowest BCUT2D eigenvalue weighted by atomic mass is 10.1. The molecule has 1 amide bonds. The first-order valence-electron chi connectivity index (χ1n) is 11.6. The van der Waals surface area contributed by atoms with Crippen LogP contribution in [0.1, 0.15) is 21.5 Å². The molecule has 0 bridgehead atoms. The summed E-state index contributed by atoms with van der Waals surface area (Å²) in [5.74, 6) is 0.670. The normalized spacial score (nSPS) is 12.8. The van der Waals surface area contributed by atoms with Crippen LogP contribution >= 0.6 is 0 Å². The molecule has 0 saturated carbocycles. The molecule has 36 heavy (non-hydrogen) atoms. The molecule has 178 valence electrons. The molecule has 4 aromatic rings. The first-order chi connectivity index (χ1) is 17.6. The van der Waals surface area contributed by atoms with Crippen LogP contribution in [0.15, 0.2) is 121 Å². The van der Waals surface area contributed by atoms with Crippen LogP contribution in [0.3, 0.4) is 0 Å². The van der Waals surface area contributed by atoms with Gasteiger partial charge >= 0.3 is 0 Å². The van der Waals surface area contributed by atoms with E-state index in [-0.39, 0.29) is 18.3 Å². The fourth-order valence-electron chi connectivity index (χ4n) is 4.06. The average molecular weight is 477 g/mol. The van der Waals surface area contributed by atoms with E-state index >= 15 is 0 Å². The molecule has 0 radical (unpaired) electrons. The number of fused-ring (bicyclic) bond motifs is 1. The molecule has 0 aliphatic carbocycles. The maximum absolute atomic E-state index is 13.8. The Morgan fingerprint density at radius 3 is 2.42 bits per heavy atom. The van der Waals surface area contributed by atoms with Gasteiger partial charge in [-0.25, -0.2) is 9.38 Å². The van der Waals surface area contributed by atoms with Crippen molar-refractivity contribution in [2.45, 2.75) is 6.54 Å². The van der Waals surface area contributed by atoms with E-state index < -0.39 is 0 Å². The van der Waals surface area contributed by atoms with E-state index in [1.807, 2.05) is 72.8 Å². The lowest BCUT2D eigenvalue weighted by Crippen LogP contribution is -2.40. The predicted molar refractivity (Wildman–Crippen MR) is 142 cm³/mol. The monoisotopic (exact) mass is 476 g/mol. The number of nitrogens with zero attached hydrogens (tertiary/aromatic N) is 2. The highest BCUT2D eigenvalue weighted by molar-refractivity contribution is 6.11. The van der Waals surface area contributed by atoms with Gasteiger partial charge in [-0.3, -0.25) is 9.69 Å². The molecule has 0 unspecified atom stereocenters. The Bertz CT molecular complexity index is 1480. The molecule has 0 saturated heterocycles. The molecule has 5 rings (SSSR count). The summed E-state index contributed by atoms with van der Waals surface area (Å²) in [6, 6.07) is 29.5. The highest BCUT2D eigenvalue weighted by Gasteiger charge is 2.23. The molecule has 1 aliphatic rings. The van der Waals surface area contributed by atoms with Crippen molar-refractivity contribution < 1.29 is 9.18 Å². The van der Waals surface area contributed by atoms with Gasteiger partial charge in [0.2, 0.25) is 0 Å². The molecule has 0 spiro atoms. The van der Waals surface area contributed by atoms with E-state index in [9.17, 15) is 9.18 Å². The highest BCUT2D eigenvalue weighted by Crippen LogP contribution is 2.20. The van der Waals surface area contributed by atoms with Crippen LogP contribution < -0.4 is 10.6 Å². The van der Waals surface area contributed by atoms with E-state index in [0.717, 1.165) is 27.6 Å². The van der Waals surface area contributed by atoms with E-state index in [4.69, 9.17) is 0 Å². The van der Waals surface area contributed by atoms with Gasteiger partial charge in [-0.2, -0.15) is 0 Å². The number of hydrogen-bond donors (Lipinski definition) is 2. The summed E-state index contributed by atoms with van der Waals surface area (Å²) in [5.41, 5.74) is 3.03. The smallest absolute Gasteiger partial charge is 0.259 e. The van der Waals surface area contributed by atoms with Crippen molar-refractivity contribution in [1.82, 2.24) is 15.5 Å². The van der Waals surface area contributed by atoms with Gasteiger partial charge in [0.05, 0.1) is 6.54 Å². The second-order valence-electron chi connectivity index (χ2n) is 8.46. The lowest BCUT2D eigenvalue weighted by molar-refractivity contribution is 0.0840. The van der Waals surface area contributed by atoms with Gasteiger partial charge in [0, 0.05) is 17.3 Å². The van der Waals surface area contributed by atoms with Crippen molar-refractivity contribution in [3.63, 3.8) is 0 Å². The maximum Gasteiger partial charge on any atom is 0.259 e. The predicted octanol–water partition coefficient (Wildman–Crippen LogP) is 5.68. The zero-order chi connectivity index (χ0) is 24.9. The fourth-order valence-corrected chi connectivity index (χ4v) is 4.06. The summed E-state index contributed by atoms with van der Waals surface area (Å²) < 4.78 is 13.5. The number of hydrogen-bond acceptors (Lipinski definition) is 4. The first kappa shape index (κ1) is 23.1. The Morgan fingerprint density at radius 2 is 1.64 bits per heavy atom. The van der Waals surface area contributed by atoms with Gasteiger partial charge in [0.1, 0.15) is 24.1 Å². The zero-order valence-electron chi connectivity index (χ0n) is 19.6. The summed E-state index contributed by atoms with van der Waals surface area (Å²) in [5, 5.41) is 8.51. The third-order valence-corrected chi connectivity index (χ3v) is 5.96. The molecule has 6 heteroatoms. The molecule has 0 aromatic heterocycles. The van der Waals surface area contributed by atoms with Crippen molar-refractivity contribution in [3.8, 4) is 0 Å². The van der Waals surface area contributed by atoms with Crippen molar-refractivity contribution >= 4 is 28.2 Å². The summed E-state index contributed by atoms with van der Waals surface area (Å²) in [7, 11) is 0. The van der Waals surface area contributed by atoms with Gasteiger partial charge in [-0.1, -0.05) is 79.4 Å². The number of carbonyl (C=O) groups is 1. The largest absolute Gasteiger partial charge is 0.352 e. The highest BCUT2D eigenvalue weighted by atomic mass is 19.1. The summed E-state index contributed by atoms with van der Waals surface area (Å²) in [6.45, 7) is 4.67. The molecule has 0 fully saturated rings. The Balaban J connectivity index is 1.46. The number of rotatable bonds is 6. The average Bonchev–Trinajstić information content (AvgIpc) is 2.92. The van der Waals surface area contributed by atoms with Crippen molar-refractivity contribution in [3.05, 3.63) is 138 Å². The molecule has 1 aliphatic heterocycles. The van der Waals surface area contributed by atoms with Crippen LogP contribution in [0.2, 0.25) is 0 Å². The first-order valence-corrected chi connectivity index (χ1v) is 11.6. The third kappa shape index (κ3) is 5.18. The Morgan fingerprint density at radius 1 is 0.917 bits per heavy atom. The number of amidine groups is 1. The second kappa shape index (κ2) is 10.3. The van der Waals surface area contributed by atoms with Crippen LogP contribution in [0.25, 0.3) is 16.5 Å². The number of amides is 1. The second-order valence-corrected chi connectivity index (χ2v) is 8.46. The van der Waals surface area contributed by atoms with Gasteiger partial charge in [0.15, 0.2) is 0 Å². The minimum absolute atomic E-state index is 0.191. The molecular weight excluding hydrogens is 451 g/mol. The zero-order valence-corrected chi connectivity index (χ0v) is 19.6. The third-order valence-electron chi connectivity index (χ3n) is 5.96. The summed E-state index contributed by atoms with van der Waals surface area (Å²) >= 11 is 0. The molecule has 4 aromatic carbocycles. The minimum Gasteiger partial charge on any atom is -0.352 e. The molecule has 5 nitrogen and oxygen atoms in total. The van der Waals surface area contributed by atoms with Crippen molar-refractivity contribution in [2.75, 3.05) is 6.67 Å². The molecular formula is C30H25FN4O. The number of benzene rings is 4. The van der Waals surface area contributed by atoms with E-state index in [1.165, 1.54) is 12.1 Å². The Kier molecular flexibility index (Phi) is 6.58. The van der Waals surface area contributed by atoms with Crippen LogP contribution in [0.4, 0.5) is 4.39 Å². The minimum atomic E-state index is -0.323. The van der Waals surface area contributed by atoms with Crippen LogP contribution in [-0.2, 0) is 6.54 Å². The van der Waals surface area contributed by atoms with E-state index in [2.05, 4.69) is 22.2 Å². The molecule has 2 N–H and O–H groups in total. The summed E-state index contributed by atoms with van der Waals surface area (Å²) in [4.78, 5) is 20.0. The Labute approximate surface area is 209 Å². The summed E-state index contributed by atoms with van der Waals surface area (Å²) in [6.07, 6.45) is 1.79. The van der Waals surface area contributed by atoms with Gasteiger partial charge < -0.3 is 10.6 Å². The molecule has 0 atom stereocenters. The van der Waals surface area contributed by atoms with Crippen LogP contribution in [0.5, 0.6) is 0 Å². The van der Waals surface area contributed by atoms with Crippen LogP contribution in [0, 0.1) is 5.82 Å². The van der Waals surface area contributed by atoms with Gasteiger partial charge in [-0.15, -0.1) is 0 Å². The number of aliphatic imine (C=N–C) groups is 1. The lowest BCUT2D eigenvalue weighted by Gasteiger charge is -2.27. The van der Waals surface area contributed by atoms with Crippen molar-refractivity contribution in [1.29, 1.82) is 0 Å². The van der Waals surface area contributed by atoms with Crippen LogP contribution in [-0.4, -0.2) is 23.3 Å². The van der Waals surface area contributed by atoms with E-state index in [0.29, 0.717) is 23.9 Å². The number of carbonyl (C=O) groups excluding carboxylic acids is 1. The topological polar surface area (TPSA) is 56.7 Å².